The fraction of sp³-hybridized carbons (Fsp3) is 0.154. The quantitative estimate of drug-likeness (QED) is 0.398. The number of aromatic nitrogens is 1. The van der Waals surface area contributed by atoms with Crippen molar-refractivity contribution in [3.8, 4) is 17.1 Å². The van der Waals surface area contributed by atoms with Crippen molar-refractivity contribution in [3.63, 3.8) is 0 Å². The molecule has 2 aromatic carbocycles. The van der Waals surface area contributed by atoms with Gasteiger partial charge in [-0.15, -0.1) is 0 Å². The first-order valence-corrected chi connectivity index (χ1v) is 10.9. The highest BCUT2D eigenvalue weighted by Gasteiger charge is 2.41. The number of hydrogen-bond acceptors (Lipinski definition) is 4. The summed E-state index contributed by atoms with van der Waals surface area (Å²) in [5.41, 5.74) is 3.11. The maximum absolute atomic E-state index is 6.37. The van der Waals surface area contributed by atoms with E-state index >= 15 is 0 Å². The molecule has 5 nitrogen and oxygen atoms in total. The molecule has 1 fully saturated rings. The van der Waals surface area contributed by atoms with E-state index in [1.807, 2.05) is 72.8 Å². The molecule has 1 aliphatic rings. The standard InChI is InChI=1S/C26H23N3O2S/c1-30-20-12-10-18(11-13-20)17-29-25(24(28-26(29)32)21-9-5-6-16-27-21)23-15-14-22(31-23)19-7-3-2-4-8-19/h2-16,24-25H,17H2,1H3,(H,28,32)/t24-,25+/m0/s1. The van der Waals surface area contributed by atoms with E-state index in [2.05, 4.69) is 27.3 Å². The van der Waals surface area contributed by atoms with Crippen LogP contribution in [-0.2, 0) is 6.54 Å². The molecular weight excluding hydrogens is 418 g/mol. The lowest BCUT2D eigenvalue weighted by Crippen LogP contribution is -2.29. The molecule has 0 bridgehead atoms. The van der Waals surface area contributed by atoms with Crippen LogP contribution in [-0.4, -0.2) is 22.1 Å². The van der Waals surface area contributed by atoms with E-state index in [1.54, 1.807) is 13.3 Å². The molecule has 1 aliphatic heterocycles. The van der Waals surface area contributed by atoms with Crippen LogP contribution in [0.25, 0.3) is 11.3 Å². The van der Waals surface area contributed by atoms with E-state index in [4.69, 9.17) is 21.4 Å². The summed E-state index contributed by atoms with van der Waals surface area (Å²) in [6.45, 7) is 0.644. The summed E-state index contributed by atoms with van der Waals surface area (Å²) >= 11 is 5.76. The Kier molecular flexibility index (Phi) is 5.60. The van der Waals surface area contributed by atoms with Gasteiger partial charge in [0.1, 0.15) is 23.3 Å². The van der Waals surface area contributed by atoms with Crippen molar-refractivity contribution in [2.75, 3.05) is 7.11 Å². The van der Waals surface area contributed by atoms with Gasteiger partial charge in [0, 0.05) is 18.3 Å². The lowest BCUT2D eigenvalue weighted by Gasteiger charge is -2.26. The number of benzene rings is 2. The molecule has 2 atom stereocenters. The highest BCUT2D eigenvalue weighted by Crippen LogP contribution is 2.41. The van der Waals surface area contributed by atoms with Crippen LogP contribution in [0.2, 0.25) is 0 Å². The summed E-state index contributed by atoms with van der Waals surface area (Å²) in [7, 11) is 1.67. The van der Waals surface area contributed by atoms with Crippen LogP contribution in [0.3, 0.4) is 0 Å². The van der Waals surface area contributed by atoms with E-state index in [-0.39, 0.29) is 12.1 Å². The summed E-state index contributed by atoms with van der Waals surface area (Å²) in [6, 6.07) is 27.9. The molecule has 0 saturated carbocycles. The normalized spacial score (nSPS) is 17.9. The molecule has 3 heterocycles. The highest BCUT2D eigenvalue weighted by atomic mass is 32.1. The monoisotopic (exact) mass is 441 g/mol. The predicted molar refractivity (Wildman–Crippen MR) is 128 cm³/mol. The third-order valence-electron chi connectivity index (χ3n) is 5.69. The SMILES string of the molecule is COc1ccc(CN2C(=S)N[C@@H](c3ccccn3)[C@H]2c2ccc(-c3ccccc3)o2)cc1. The minimum atomic E-state index is -0.128. The molecule has 0 amide bonds. The third-order valence-corrected chi connectivity index (χ3v) is 6.04. The molecule has 0 radical (unpaired) electrons. The average molecular weight is 442 g/mol. The zero-order valence-electron chi connectivity index (χ0n) is 17.6. The Morgan fingerprint density at radius 1 is 0.969 bits per heavy atom. The summed E-state index contributed by atoms with van der Waals surface area (Å²) in [5.74, 6) is 2.51. The van der Waals surface area contributed by atoms with Gasteiger partial charge in [-0.25, -0.2) is 0 Å². The van der Waals surface area contributed by atoms with Crippen molar-refractivity contribution in [3.05, 3.63) is 108 Å². The van der Waals surface area contributed by atoms with Crippen molar-refractivity contribution >= 4 is 17.3 Å². The molecule has 0 spiro atoms. The number of furan rings is 1. The molecule has 1 N–H and O–H groups in total. The van der Waals surface area contributed by atoms with Crippen LogP contribution < -0.4 is 10.1 Å². The lowest BCUT2D eigenvalue weighted by atomic mass is 10.0. The molecule has 2 aromatic heterocycles. The lowest BCUT2D eigenvalue weighted by molar-refractivity contribution is 0.269. The van der Waals surface area contributed by atoms with Crippen LogP contribution in [0.5, 0.6) is 5.75 Å². The summed E-state index contributed by atoms with van der Waals surface area (Å²) in [4.78, 5) is 6.76. The van der Waals surface area contributed by atoms with Gasteiger partial charge in [-0.2, -0.15) is 0 Å². The van der Waals surface area contributed by atoms with Crippen molar-refractivity contribution in [1.82, 2.24) is 15.2 Å². The first-order chi connectivity index (χ1) is 15.7. The second kappa shape index (κ2) is 8.85. The van der Waals surface area contributed by atoms with E-state index in [0.717, 1.165) is 34.1 Å². The topological polar surface area (TPSA) is 50.5 Å². The van der Waals surface area contributed by atoms with Gasteiger partial charge in [0.15, 0.2) is 5.11 Å². The molecule has 1 saturated heterocycles. The highest BCUT2D eigenvalue weighted by molar-refractivity contribution is 7.80. The number of nitrogens with zero attached hydrogens (tertiary/aromatic N) is 2. The van der Waals surface area contributed by atoms with Crippen LogP contribution in [0.1, 0.15) is 29.1 Å². The Bertz CT molecular complexity index is 1190. The van der Waals surface area contributed by atoms with E-state index in [0.29, 0.717) is 11.7 Å². The Labute approximate surface area is 192 Å². The molecule has 32 heavy (non-hydrogen) atoms. The van der Waals surface area contributed by atoms with Gasteiger partial charge in [0.05, 0.1) is 18.8 Å². The van der Waals surface area contributed by atoms with Gasteiger partial charge >= 0.3 is 0 Å². The predicted octanol–water partition coefficient (Wildman–Crippen LogP) is 5.52. The zero-order chi connectivity index (χ0) is 21.9. The van der Waals surface area contributed by atoms with Crippen molar-refractivity contribution in [1.29, 1.82) is 0 Å². The van der Waals surface area contributed by atoms with Crippen LogP contribution in [0, 0.1) is 0 Å². The third kappa shape index (κ3) is 3.97. The van der Waals surface area contributed by atoms with Crippen molar-refractivity contribution in [2.24, 2.45) is 0 Å². The van der Waals surface area contributed by atoms with Gasteiger partial charge in [-0.1, -0.05) is 48.5 Å². The Morgan fingerprint density at radius 3 is 2.47 bits per heavy atom. The van der Waals surface area contributed by atoms with E-state index in [9.17, 15) is 0 Å². The Balaban J connectivity index is 1.51. The number of hydrogen-bond donors (Lipinski definition) is 1. The zero-order valence-corrected chi connectivity index (χ0v) is 18.5. The minimum absolute atomic E-state index is 0.114. The van der Waals surface area contributed by atoms with Gasteiger partial charge in [0.25, 0.3) is 0 Å². The number of rotatable bonds is 6. The summed E-state index contributed by atoms with van der Waals surface area (Å²) < 4.78 is 11.7. The number of nitrogens with one attached hydrogen (secondary N) is 1. The fourth-order valence-electron chi connectivity index (χ4n) is 4.08. The molecule has 4 aromatic rings. The number of thiocarbonyl (C=S) groups is 1. The minimum Gasteiger partial charge on any atom is -0.497 e. The molecule has 160 valence electrons. The van der Waals surface area contributed by atoms with E-state index in [1.165, 1.54) is 0 Å². The second-order valence-electron chi connectivity index (χ2n) is 7.67. The van der Waals surface area contributed by atoms with Crippen LogP contribution in [0.4, 0.5) is 0 Å². The summed E-state index contributed by atoms with van der Waals surface area (Å²) in [6.07, 6.45) is 1.81. The smallest absolute Gasteiger partial charge is 0.170 e. The second-order valence-corrected chi connectivity index (χ2v) is 8.06. The Morgan fingerprint density at radius 2 is 1.75 bits per heavy atom. The van der Waals surface area contributed by atoms with E-state index < -0.39 is 0 Å². The molecule has 6 heteroatoms. The molecule has 0 aliphatic carbocycles. The summed E-state index contributed by atoms with van der Waals surface area (Å²) in [5, 5.41) is 4.15. The maximum atomic E-state index is 6.37. The van der Waals surface area contributed by atoms with Gasteiger partial charge in [-0.05, 0) is 54.2 Å². The van der Waals surface area contributed by atoms with Crippen LogP contribution in [0.15, 0.2) is 95.5 Å². The first kappa shape index (κ1) is 20.3. The molecule has 0 unspecified atom stereocenters. The molecule has 5 rings (SSSR count). The van der Waals surface area contributed by atoms with Crippen molar-refractivity contribution in [2.45, 2.75) is 18.6 Å². The van der Waals surface area contributed by atoms with Gasteiger partial charge in [0.2, 0.25) is 0 Å². The number of methoxy groups -OCH3 is 1. The Hall–Kier alpha value is -3.64. The largest absolute Gasteiger partial charge is 0.497 e. The van der Waals surface area contributed by atoms with Crippen molar-refractivity contribution < 1.29 is 9.15 Å². The van der Waals surface area contributed by atoms with Gasteiger partial charge in [-0.3, -0.25) is 4.98 Å². The first-order valence-electron chi connectivity index (χ1n) is 10.5. The van der Waals surface area contributed by atoms with Gasteiger partial charge < -0.3 is 19.4 Å². The van der Waals surface area contributed by atoms with Crippen LogP contribution >= 0.6 is 12.2 Å². The molecular formula is C26H23N3O2S. The number of ether oxygens (including phenoxy) is 1. The fourth-order valence-corrected chi connectivity index (χ4v) is 4.39. The average Bonchev–Trinajstić information content (AvgIpc) is 3.46. The number of pyridine rings is 1. The maximum Gasteiger partial charge on any atom is 0.170 e.